The summed E-state index contributed by atoms with van der Waals surface area (Å²) >= 11 is 0. The minimum atomic E-state index is 0.728. The second kappa shape index (κ2) is 5.35. The van der Waals surface area contributed by atoms with Crippen LogP contribution < -0.4 is 10.2 Å². The monoisotopic (exact) mass is 218 g/mol. The van der Waals surface area contributed by atoms with Crippen molar-refractivity contribution in [3.63, 3.8) is 0 Å². The molecule has 0 saturated carbocycles. The maximum Gasteiger partial charge on any atom is 0.0366 e. The van der Waals surface area contributed by atoms with E-state index in [4.69, 9.17) is 0 Å². The lowest BCUT2D eigenvalue weighted by Crippen LogP contribution is -2.42. The molecular weight excluding hydrogens is 196 g/mol. The third-order valence-corrected chi connectivity index (χ3v) is 3.39. The number of nitrogens with zero attached hydrogens (tertiary/aromatic N) is 1. The van der Waals surface area contributed by atoms with Gasteiger partial charge in [-0.15, -0.1) is 0 Å². The lowest BCUT2D eigenvalue weighted by molar-refractivity contribution is 0.424. The van der Waals surface area contributed by atoms with Gasteiger partial charge in [0.25, 0.3) is 0 Å². The van der Waals surface area contributed by atoms with Crippen LogP contribution in [-0.4, -0.2) is 25.7 Å². The van der Waals surface area contributed by atoms with Crippen molar-refractivity contribution in [2.75, 3.05) is 24.5 Å². The zero-order valence-electron chi connectivity index (χ0n) is 10.4. The van der Waals surface area contributed by atoms with E-state index in [2.05, 4.69) is 48.3 Å². The van der Waals surface area contributed by atoms with Gasteiger partial charge in [-0.1, -0.05) is 24.6 Å². The maximum absolute atomic E-state index is 3.54. The summed E-state index contributed by atoms with van der Waals surface area (Å²) in [6.07, 6.45) is 2.53. The van der Waals surface area contributed by atoms with Crippen LogP contribution in [0.1, 0.15) is 25.3 Å². The Morgan fingerprint density at radius 1 is 1.19 bits per heavy atom. The molecule has 1 N–H and O–H groups in total. The molecule has 0 aromatic heterocycles. The van der Waals surface area contributed by atoms with Crippen LogP contribution in [0.2, 0.25) is 0 Å². The van der Waals surface area contributed by atoms with E-state index >= 15 is 0 Å². The van der Waals surface area contributed by atoms with Gasteiger partial charge in [-0.3, -0.25) is 0 Å². The molecule has 1 aliphatic rings. The fourth-order valence-electron chi connectivity index (χ4n) is 2.39. The Bertz CT molecular complexity index is 310. The normalized spacial score (nSPS) is 17.8. The lowest BCUT2D eigenvalue weighted by atomic mass is 10.0. The summed E-state index contributed by atoms with van der Waals surface area (Å²) in [5.41, 5.74) is 2.71. The molecule has 0 radical (unpaired) electrons. The topological polar surface area (TPSA) is 15.3 Å². The van der Waals surface area contributed by atoms with Gasteiger partial charge in [0.15, 0.2) is 0 Å². The summed E-state index contributed by atoms with van der Waals surface area (Å²) in [4.78, 5) is 2.49. The third kappa shape index (κ3) is 2.76. The minimum Gasteiger partial charge on any atom is -0.371 e. The number of aryl methyl sites for hydroxylation is 1. The first-order valence-electron chi connectivity index (χ1n) is 6.34. The third-order valence-electron chi connectivity index (χ3n) is 3.39. The molecule has 0 unspecified atom stereocenters. The standard InChI is InChI=1S/C14H22N2/c1-3-15-13-8-10-16(11-9-13)14-6-4-12(2)5-7-14/h4-7,13,15H,3,8-11H2,1-2H3. The Morgan fingerprint density at radius 3 is 2.38 bits per heavy atom. The fourth-order valence-corrected chi connectivity index (χ4v) is 2.39. The molecule has 2 heteroatoms. The largest absolute Gasteiger partial charge is 0.371 e. The van der Waals surface area contributed by atoms with Gasteiger partial charge in [-0.2, -0.15) is 0 Å². The first-order valence-corrected chi connectivity index (χ1v) is 6.34. The van der Waals surface area contributed by atoms with Gasteiger partial charge in [-0.25, -0.2) is 0 Å². The molecule has 1 saturated heterocycles. The highest BCUT2D eigenvalue weighted by molar-refractivity contribution is 5.47. The number of piperidine rings is 1. The van der Waals surface area contributed by atoms with Gasteiger partial charge in [0, 0.05) is 24.8 Å². The van der Waals surface area contributed by atoms with E-state index in [1.54, 1.807) is 0 Å². The van der Waals surface area contributed by atoms with Crippen molar-refractivity contribution in [1.29, 1.82) is 0 Å². The molecule has 0 spiro atoms. The van der Waals surface area contributed by atoms with E-state index in [1.165, 1.54) is 37.2 Å². The number of rotatable bonds is 3. The quantitative estimate of drug-likeness (QED) is 0.839. The zero-order chi connectivity index (χ0) is 11.4. The average Bonchev–Trinajstić information content (AvgIpc) is 2.32. The van der Waals surface area contributed by atoms with Gasteiger partial charge in [-0.05, 0) is 38.4 Å². The fraction of sp³-hybridized carbons (Fsp3) is 0.571. The first-order chi connectivity index (χ1) is 7.79. The Labute approximate surface area is 98.7 Å². The number of hydrogen-bond donors (Lipinski definition) is 1. The predicted octanol–water partition coefficient (Wildman–Crippen LogP) is 2.57. The van der Waals surface area contributed by atoms with Crippen LogP contribution in [-0.2, 0) is 0 Å². The van der Waals surface area contributed by atoms with Crippen LogP contribution in [0, 0.1) is 6.92 Å². The van der Waals surface area contributed by atoms with Crippen molar-refractivity contribution in [1.82, 2.24) is 5.32 Å². The summed E-state index contributed by atoms with van der Waals surface area (Å²) in [5.74, 6) is 0. The van der Waals surface area contributed by atoms with Crippen molar-refractivity contribution in [2.45, 2.75) is 32.7 Å². The van der Waals surface area contributed by atoms with Crippen LogP contribution in [0.4, 0.5) is 5.69 Å². The van der Waals surface area contributed by atoms with E-state index in [0.717, 1.165) is 12.6 Å². The molecular formula is C14H22N2. The Hall–Kier alpha value is -1.02. The van der Waals surface area contributed by atoms with Crippen molar-refractivity contribution in [3.8, 4) is 0 Å². The molecule has 1 heterocycles. The van der Waals surface area contributed by atoms with Crippen molar-refractivity contribution in [3.05, 3.63) is 29.8 Å². The van der Waals surface area contributed by atoms with Crippen LogP contribution in [0.3, 0.4) is 0 Å². The summed E-state index contributed by atoms with van der Waals surface area (Å²) in [6.45, 7) is 7.78. The summed E-state index contributed by atoms with van der Waals surface area (Å²) in [5, 5.41) is 3.54. The van der Waals surface area contributed by atoms with Crippen molar-refractivity contribution < 1.29 is 0 Å². The SMILES string of the molecule is CCNC1CCN(c2ccc(C)cc2)CC1. The highest BCUT2D eigenvalue weighted by atomic mass is 15.1. The number of hydrogen-bond acceptors (Lipinski definition) is 2. The highest BCUT2D eigenvalue weighted by Gasteiger charge is 2.18. The van der Waals surface area contributed by atoms with Gasteiger partial charge < -0.3 is 10.2 Å². The molecule has 88 valence electrons. The number of benzene rings is 1. The van der Waals surface area contributed by atoms with Crippen molar-refractivity contribution in [2.24, 2.45) is 0 Å². The first kappa shape index (κ1) is 11.5. The van der Waals surface area contributed by atoms with Gasteiger partial charge >= 0.3 is 0 Å². The zero-order valence-corrected chi connectivity index (χ0v) is 10.4. The molecule has 0 aliphatic carbocycles. The second-order valence-corrected chi connectivity index (χ2v) is 4.65. The molecule has 1 aliphatic heterocycles. The molecule has 1 fully saturated rings. The maximum atomic E-state index is 3.54. The molecule has 0 amide bonds. The summed E-state index contributed by atoms with van der Waals surface area (Å²) < 4.78 is 0. The molecule has 2 rings (SSSR count). The van der Waals surface area contributed by atoms with Crippen molar-refractivity contribution >= 4 is 5.69 Å². The summed E-state index contributed by atoms with van der Waals surface area (Å²) in [6, 6.07) is 9.61. The Morgan fingerprint density at radius 2 is 1.81 bits per heavy atom. The Kier molecular flexibility index (Phi) is 3.83. The molecule has 0 atom stereocenters. The van der Waals surface area contributed by atoms with E-state index < -0.39 is 0 Å². The van der Waals surface area contributed by atoms with Crippen LogP contribution in [0.5, 0.6) is 0 Å². The summed E-state index contributed by atoms with van der Waals surface area (Å²) in [7, 11) is 0. The van der Waals surface area contributed by atoms with E-state index in [0.29, 0.717) is 0 Å². The van der Waals surface area contributed by atoms with Crippen LogP contribution in [0.25, 0.3) is 0 Å². The lowest BCUT2D eigenvalue weighted by Gasteiger charge is -2.34. The van der Waals surface area contributed by atoms with Crippen LogP contribution >= 0.6 is 0 Å². The molecule has 2 nitrogen and oxygen atoms in total. The van der Waals surface area contributed by atoms with Crippen LogP contribution in [0.15, 0.2) is 24.3 Å². The van der Waals surface area contributed by atoms with E-state index in [9.17, 15) is 0 Å². The molecule has 1 aromatic rings. The van der Waals surface area contributed by atoms with Gasteiger partial charge in [0.05, 0.1) is 0 Å². The molecule has 16 heavy (non-hydrogen) atoms. The molecule has 1 aromatic carbocycles. The minimum absolute atomic E-state index is 0.728. The van der Waals surface area contributed by atoms with Gasteiger partial charge in [0.2, 0.25) is 0 Å². The number of anilines is 1. The second-order valence-electron chi connectivity index (χ2n) is 4.65. The smallest absolute Gasteiger partial charge is 0.0366 e. The Balaban J connectivity index is 1.91. The number of nitrogens with one attached hydrogen (secondary N) is 1. The highest BCUT2D eigenvalue weighted by Crippen LogP contribution is 2.20. The van der Waals surface area contributed by atoms with E-state index in [-0.39, 0.29) is 0 Å². The average molecular weight is 218 g/mol. The predicted molar refractivity (Wildman–Crippen MR) is 70.1 cm³/mol. The molecule has 0 bridgehead atoms. The van der Waals surface area contributed by atoms with E-state index in [1.807, 2.05) is 0 Å². The van der Waals surface area contributed by atoms with Gasteiger partial charge in [0.1, 0.15) is 0 Å².